The lowest BCUT2D eigenvalue weighted by Gasteiger charge is -2.22. The smallest absolute Gasteiger partial charge is 0.168 e. The molecule has 2 heterocycles. The van der Waals surface area contributed by atoms with Crippen LogP contribution in [-0.2, 0) is 4.84 Å². The molecule has 2 aliphatic rings. The van der Waals surface area contributed by atoms with Crippen molar-refractivity contribution in [2.45, 2.75) is 50.2 Å². The van der Waals surface area contributed by atoms with Gasteiger partial charge in [-0.2, -0.15) is 5.10 Å². The van der Waals surface area contributed by atoms with Gasteiger partial charge in [0, 0.05) is 30.4 Å². The predicted molar refractivity (Wildman–Crippen MR) is 91.0 cm³/mol. The molecule has 2 N–H and O–H groups in total. The maximum absolute atomic E-state index is 9.62. The van der Waals surface area contributed by atoms with Gasteiger partial charge in [0.15, 0.2) is 5.60 Å². The van der Waals surface area contributed by atoms with Crippen molar-refractivity contribution in [3.05, 3.63) is 30.0 Å². The molecular weight excluding hydrogens is 306 g/mol. The van der Waals surface area contributed by atoms with Crippen LogP contribution < -0.4 is 0 Å². The van der Waals surface area contributed by atoms with Gasteiger partial charge in [0.2, 0.25) is 0 Å². The summed E-state index contributed by atoms with van der Waals surface area (Å²) in [6, 6.07) is 6.70. The highest BCUT2D eigenvalue weighted by molar-refractivity contribution is 6.04. The summed E-state index contributed by atoms with van der Waals surface area (Å²) in [5.41, 5.74) is 2.16. The number of aliphatic hydroxyl groups excluding tert-OH is 2. The van der Waals surface area contributed by atoms with Crippen LogP contribution in [0.25, 0.3) is 10.9 Å². The Kier molecular flexibility index (Phi) is 4.02. The molecule has 6 heteroatoms. The lowest BCUT2D eigenvalue weighted by molar-refractivity contribution is -0.0697. The quantitative estimate of drug-likeness (QED) is 0.883. The number of aliphatic hydroxyl groups is 2. The van der Waals surface area contributed by atoms with E-state index in [4.69, 9.17) is 4.84 Å². The van der Waals surface area contributed by atoms with Crippen molar-refractivity contribution < 1.29 is 15.1 Å². The van der Waals surface area contributed by atoms with Gasteiger partial charge in [-0.3, -0.25) is 4.68 Å². The SMILES string of the molecule is OCCC1(CO)CC(c2ccc3cnn(C4CCCC4)c3c2)=NO1. The Bertz CT molecular complexity index is 764. The van der Waals surface area contributed by atoms with E-state index in [1.807, 2.05) is 12.3 Å². The molecule has 128 valence electrons. The molecule has 1 atom stereocenters. The molecule has 0 amide bonds. The van der Waals surface area contributed by atoms with Crippen LogP contribution in [0, 0.1) is 0 Å². The normalized spacial score (nSPS) is 24.5. The fraction of sp³-hybridized carbons (Fsp3) is 0.556. The minimum atomic E-state index is -0.787. The first kappa shape index (κ1) is 15.6. The monoisotopic (exact) mass is 329 g/mol. The first-order chi connectivity index (χ1) is 11.7. The standard InChI is InChI=1S/C18H23N3O3/c22-8-7-18(12-23)10-16(20-24-18)13-5-6-14-11-19-21(17(14)9-13)15-3-1-2-4-15/h5-6,9,11,15,22-23H,1-4,7-8,10,12H2. The van der Waals surface area contributed by atoms with E-state index in [9.17, 15) is 10.2 Å². The molecule has 24 heavy (non-hydrogen) atoms. The number of hydrogen-bond acceptors (Lipinski definition) is 5. The zero-order valence-corrected chi connectivity index (χ0v) is 13.7. The minimum Gasteiger partial charge on any atom is -0.396 e. The Labute approximate surface area is 140 Å². The molecule has 1 aromatic heterocycles. The maximum Gasteiger partial charge on any atom is 0.168 e. The maximum atomic E-state index is 9.62. The highest BCUT2D eigenvalue weighted by Gasteiger charge is 2.38. The van der Waals surface area contributed by atoms with Gasteiger partial charge in [-0.25, -0.2) is 0 Å². The van der Waals surface area contributed by atoms with Crippen LogP contribution in [0.2, 0.25) is 0 Å². The van der Waals surface area contributed by atoms with Crippen LogP contribution in [0.1, 0.15) is 50.1 Å². The molecule has 1 unspecified atom stereocenters. The van der Waals surface area contributed by atoms with Gasteiger partial charge in [0.05, 0.1) is 30.1 Å². The van der Waals surface area contributed by atoms with Crippen LogP contribution in [0.3, 0.4) is 0 Å². The summed E-state index contributed by atoms with van der Waals surface area (Å²) >= 11 is 0. The van der Waals surface area contributed by atoms with Gasteiger partial charge < -0.3 is 15.1 Å². The second-order valence-electron chi connectivity index (χ2n) is 6.92. The molecule has 1 fully saturated rings. The number of nitrogens with zero attached hydrogens (tertiary/aromatic N) is 3. The molecule has 0 radical (unpaired) electrons. The fourth-order valence-corrected chi connectivity index (χ4v) is 3.84. The molecule has 1 aliphatic heterocycles. The molecule has 1 saturated carbocycles. The lowest BCUT2D eigenvalue weighted by atomic mass is 9.92. The third kappa shape index (κ3) is 2.59. The Morgan fingerprint density at radius 2 is 2.08 bits per heavy atom. The average Bonchev–Trinajstić information content (AvgIpc) is 3.34. The van der Waals surface area contributed by atoms with E-state index in [1.54, 1.807) is 0 Å². The molecule has 6 nitrogen and oxygen atoms in total. The topological polar surface area (TPSA) is 79.9 Å². The number of benzene rings is 1. The van der Waals surface area contributed by atoms with E-state index >= 15 is 0 Å². The van der Waals surface area contributed by atoms with Crippen LogP contribution in [0.15, 0.2) is 29.6 Å². The molecule has 0 saturated heterocycles. The summed E-state index contributed by atoms with van der Waals surface area (Å²) in [6.45, 7) is -0.181. The number of oxime groups is 1. The number of rotatable bonds is 5. The number of fused-ring (bicyclic) bond motifs is 1. The first-order valence-corrected chi connectivity index (χ1v) is 8.69. The van der Waals surface area contributed by atoms with Crippen molar-refractivity contribution in [3.8, 4) is 0 Å². The Hall–Kier alpha value is -1.92. The van der Waals surface area contributed by atoms with Crippen molar-refractivity contribution in [2.24, 2.45) is 5.16 Å². The Morgan fingerprint density at radius 1 is 1.25 bits per heavy atom. The summed E-state index contributed by atoms with van der Waals surface area (Å²) in [4.78, 5) is 5.48. The van der Waals surface area contributed by atoms with E-state index in [0.717, 1.165) is 22.2 Å². The third-order valence-electron chi connectivity index (χ3n) is 5.30. The van der Waals surface area contributed by atoms with Crippen LogP contribution >= 0.6 is 0 Å². The van der Waals surface area contributed by atoms with Gasteiger partial charge in [-0.15, -0.1) is 0 Å². The summed E-state index contributed by atoms with van der Waals surface area (Å²) in [6.07, 6.45) is 7.73. The van der Waals surface area contributed by atoms with E-state index in [2.05, 4.69) is 27.1 Å². The van der Waals surface area contributed by atoms with Crippen molar-refractivity contribution >= 4 is 16.6 Å². The molecule has 2 aromatic rings. The summed E-state index contributed by atoms with van der Waals surface area (Å²) in [5.74, 6) is 0. The molecule has 1 aliphatic carbocycles. The lowest BCUT2D eigenvalue weighted by Crippen LogP contribution is -2.34. The van der Waals surface area contributed by atoms with Crippen LogP contribution in [0.5, 0.6) is 0 Å². The number of hydrogen-bond donors (Lipinski definition) is 2. The third-order valence-corrected chi connectivity index (χ3v) is 5.30. The molecule has 4 rings (SSSR count). The summed E-state index contributed by atoms with van der Waals surface area (Å²) in [7, 11) is 0. The van der Waals surface area contributed by atoms with Crippen molar-refractivity contribution in [1.29, 1.82) is 0 Å². The molecule has 0 spiro atoms. The number of aromatic nitrogens is 2. The molecule has 0 bridgehead atoms. The van der Waals surface area contributed by atoms with Gasteiger partial charge in [0.1, 0.15) is 0 Å². The highest BCUT2D eigenvalue weighted by atomic mass is 16.7. The van der Waals surface area contributed by atoms with Crippen molar-refractivity contribution in [3.63, 3.8) is 0 Å². The van der Waals surface area contributed by atoms with Gasteiger partial charge in [-0.05, 0) is 18.9 Å². The van der Waals surface area contributed by atoms with Gasteiger partial charge in [0.25, 0.3) is 0 Å². The van der Waals surface area contributed by atoms with E-state index in [0.29, 0.717) is 18.9 Å². The Morgan fingerprint density at radius 3 is 2.83 bits per heavy atom. The van der Waals surface area contributed by atoms with Gasteiger partial charge in [-0.1, -0.05) is 30.1 Å². The van der Waals surface area contributed by atoms with Crippen LogP contribution in [0.4, 0.5) is 0 Å². The summed E-state index contributed by atoms with van der Waals surface area (Å²) in [5, 5.41) is 28.7. The highest BCUT2D eigenvalue weighted by Crippen LogP contribution is 2.33. The predicted octanol–water partition coefficient (Wildman–Crippen LogP) is 2.39. The minimum absolute atomic E-state index is 0.0309. The second-order valence-corrected chi connectivity index (χ2v) is 6.92. The zero-order valence-electron chi connectivity index (χ0n) is 13.7. The average molecular weight is 329 g/mol. The zero-order chi connectivity index (χ0) is 16.6. The Balaban J connectivity index is 1.64. The first-order valence-electron chi connectivity index (χ1n) is 8.69. The van der Waals surface area contributed by atoms with E-state index < -0.39 is 5.60 Å². The van der Waals surface area contributed by atoms with Gasteiger partial charge >= 0.3 is 0 Å². The van der Waals surface area contributed by atoms with Crippen LogP contribution in [-0.4, -0.2) is 44.5 Å². The second kappa shape index (κ2) is 6.18. The van der Waals surface area contributed by atoms with Crippen molar-refractivity contribution in [2.75, 3.05) is 13.2 Å². The summed E-state index contributed by atoms with van der Waals surface area (Å²) < 4.78 is 2.15. The van der Waals surface area contributed by atoms with Crippen molar-refractivity contribution in [1.82, 2.24) is 9.78 Å². The van der Waals surface area contributed by atoms with E-state index in [1.165, 1.54) is 25.7 Å². The van der Waals surface area contributed by atoms with E-state index in [-0.39, 0.29) is 13.2 Å². The largest absolute Gasteiger partial charge is 0.396 e. The molecular formula is C18H23N3O3. The molecule has 1 aromatic carbocycles. The fourth-order valence-electron chi connectivity index (χ4n) is 3.84.